The number of sulfone groups is 1. The first kappa shape index (κ1) is 23.6. The molecule has 32 heavy (non-hydrogen) atoms. The largest absolute Gasteiger partial charge is 0.508 e. The Bertz CT molecular complexity index is 1200. The first-order valence-electron chi connectivity index (χ1n) is 10.2. The van der Waals surface area contributed by atoms with E-state index in [-0.39, 0.29) is 45.5 Å². The molecule has 0 aliphatic carbocycles. The topological polar surface area (TPSA) is 129 Å². The molecule has 0 spiro atoms. The summed E-state index contributed by atoms with van der Waals surface area (Å²) in [6.07, 6.45) is 0.412. The molecular weight excluding hydrogens is 432 g/mol. The summed E-state index contributed by atoms with van der Waals surface area (Å²) in [6, 6.07) is 8.74. The first-order chi connectivity index (χ1) is 15.0. The first-order valence-corrected chi connectivity index (χ1v) is 11.8. The summed E-state index contributed by atoms with van der Waals surface area (Å²) in [7, 11) is -0.0810. The second kappa shape index (κ2) is 9.17. The molecule has 9 nitrogen and oxygen atoms in total. The fourth-order valence-corrected chi connectivity index (χ4v) is 4.70. The van der Waals surface area contributed by atoms with Crippen LogP contribution in [0.3, 0.4) is 0 Å². The van der Waals surface area contributed by atoms with E-state index >= 15 is 0 Å². The molecule has 172 valence electrons. The number of benzene rings is 2. The molecule has 0 atom stereocenters. The second-order valence-corrected chi connectivity index (χ2v) is 10.2. The predicted octanol–water partition coefficient (Wildman–Crippen LogP) is 2.90. The molecule has 1 aromatic heterocycles. The van der Waals surface area contributed by atoms with Gasteiger partial charge in [0.05, 0.1) is 17.0 Å². The van der Waals surface area contributed by atoms with Crippen LogP contribution in [0.15, 0.2) is 41.6 Å². The van der Waals surface area contributed by atoms with Crippen molar-refractivity contribution in [3.63, 3.8) is 0 Å². The van der Waals surface area contributed by atoms with E-state index in [1.54, 1.807) is 18.2 Å². The van der Waals surface area contributed by atoms with Crippen LogP contribution in [0.4, 0.5) is 0 Å². The van der Waals surface area contributed by atoms with Crippen LogP contribution in [0, 0.1) is 0 Å². The lowest BCUT2D eigenvalue weighted by Crippen LogP contribution is -2.19. The molecular formula is C22H28N4O5S. The third kappa shape index (κ3) is 4.86. The van der Waals surface area contributed by atoms with Crippen LogP contribution in [-0.2, 0) is 9.84 Å². The van der Waals surface area contributed by atoms with Gasteiger partial charge in [0.25, 0.3) is 5.16 Å². The summed E-state index contributed by atoms with van der Waals surface area (Å²) < 4.78 is 27.6. The van der Waals surface area contributed by atoms with Gasteiger partial charge < -0.3 is 20.2 Å². The summed E-state index contributed by atoms with van der Waals surface area (Å²) in [5.74, 6) is -0.354. The van der Waals surface area contributed by atoms with Crippen molar-refractivity contribution < 1.29 is 23.7 Å². The number of nitrogens with zero attached hydrogens (tertiary/aromatic N) is 4. The Morgan fingerprint density at radius 3 is 2.25 bits per heavy atom. The molecule has 0 aliphatic rings. The molecule has 0 bridgehead atoms. The summed E-state index contributed by atoms with van der Waals surface area (Å²) in [5, 5.41) is 38.2. The van der Waals surface area contributed by atoms with Crippen molar-refractivity contribution in [1.29, 1.82) is 0 Å². The number of hydrogen-bond acceptors (Lipinski definition) is 8. The SMILES string of the molecule is CC(C)c1cc(-c2nnc(S(=O)(=O)CCCN(C)C)n2-c2ccc(O)cc2)c(O)cc1O. The van der Waals surface area contributed by atoms with E-state index in [4.69, 9.17) is 0 Å². The third-order valence-corrected chi connectivity index (χ3v) is 6.69. The maximum absolute atomic E-state index is 13.1. The van der Waals surface area contributed by atoms with Crippen LogP contribution in [0.5, 0.6) is 17.2 Å². The Morgan fingerprint density at radius 1 is 1.00 bits per heavy atom. The molecule has 1 heterocycles. The van der Waals surface area contributed by atoms with E-state index in [9.17, 15) is 23.7 Å². The van der Waals surface area contributed by atoms with Gasteiger partial charge in [-0.05, 0) is 68.9 Å². The molecule has 0 saturated heterocycles. The van der Waals surface area contributed by atoms with Gasteiger partial charge in [-0.1, -0.05) is 13.8 Å². The Balaban J connectivity index is 2.21. The Hall–Kier alpha value is -3.11. The normalized spacial score (nSPS) is 12.1. The van der Waals surface area contributed by atoms with Crippen molar-refractivity contribution >= 4 is 9.84 Å². The average Bonchev–Trinajstić information content (AvgIpc) is 3.13. The number of hydrogen-bond donors (Lipinski definition) is 3. The molecule has 0 fully saturated rings. The quantitative estimate of drug-likeness (QED) is 0.468. The second-order valence-electron chi connectivity index (χ2n) is 8.22. The zero-order valence-electron chi connectivity index (χ0n) is 18.5. The van der Waals surface area contributed by atoms with E-state index in [1.165, 1.54) is 22.8 Å². The highest BCUT2D eigenvalue weighted by molar-refractivity contribution is 7.91. The molecule has 10 heteroatoms. The molecule has 3 aromatic rings. The van der Waals surface area contributed by atoms with Crippen LogP contribution in [0.25, 0.3) is 17.1 Å². The number of phenols is 3. The number of aromatic nitrogens is 3. The average molecular weight is 461 g/mol. The van der Waals surface area contributed by atoms with E-state index in [2.05, 4.69) is 10.2 Å². The highest BCUT2D eigenvalue weighted by Gasteiger charge is 2.28. The Morgan fingerprint density at radius 2 is 1.66 bits per heavy atom. The van der Waals surface area contributed by atoms with Crippen molar-refractivity contribution in [3.8, 4) is 34.3 Å². The highest BCUT2D eigenvalue weighted by Crippen LogP contribution is 2.38. The summed E-state index contributed by atoms with van der Waals surface area (Å²) in [4.78, 5) is 1.90. The van der Waals surface area contributed by atoms with Gasteiger partial charge >= 0.3 is 0 Å². The lowest BCUT2D eigenvalue weighted by Gasteiger charge is -2.15. The van der Waals surface area contributed by atoms with Gasteiger partial charge in [0.15, 0.2) is 5.82 Å². The minimum Gasteiger partial charge on any atom is -0.508 e. The van der Waals surface area contributed by atoms with Gasteiger partial charge in [0.2, 0.25) is 9.84 Å². The van der Waals surface area contributed by atoms with Crippen LogP contribution in [0.2, 0.25) is 0 Å². The third-order valence-electron chi connectivity index (χ3n) is 5.05. The molecule has 0 saturated carbocycles. The maximum atomic E-state index is 13.1. The zero-order valence-corrected chi connectivity index (χ0v) is 19.3. The smallest absolute Gasteiger partial charge is 0.254 e. The number of rotatable bonds is 8. The zero-order chi connectivity index (χ0) is 23.6. The van der Waals surface area contributed by atoms with Crippen LogP contribution >= 0.6 is 0 Å². The highest BCUT2D eigenvalue weighted by atomic mass is 32.2. The minimum absolute atomic E-state index is 0.0216. The van der Waals surface area contributed by atoms with Crippen molar-refractivity contribution in [1.82, 2.24) is 19.7 Å². The Kier molecular flexibility index (Phi) is 6.75. The van der Waals surface area contributed by atoms with Gasteiger partial charge in [0, 0.05) is 6.07 Å². The molecule has 2 aromatic carbocycles. The van der Waals surface area contributed by atoms with Crippen LogP contribution in [0.1, 0.15) is 31.7 Å². The summed E-state index contributed by atoms with van der Waals surface area (Å²) in [5.41, 5.74) is 1.22. The lowest BCUT2D eigenvalue weighted by molar-refractivity contribution is 0.408. The van der Waals surface area contributed by atoms with Gasteiger partial charge in [0.1, 0.15) is 17.2 Å². The van der Waals surface area contributed by atoms with E-state index in [1.807, 2.05) is 32.8 Å². The minimum atomic E-state index is -3.81. The summed E-state index contributed by atoms with van der Waals surface area (Å²) in [6.45, 7) is 4.37. The fraction of sp³-hybridized carbons (Fsp3) is 0.364. The van der Waals surface area contributed by atoms with Gasteiger partial charge in [-0.2, -0.15) is 0 Å². The Labute approximate surface area is 187 Å². The number of aromatic hydroxyl groups is 3. The summed E-state index contributed by atoms with van der Waals surface area (Å²) >= 11 is 0. The fourth-order valence-electron chi connectivity index (χ4n) is 3.38. The van der Waals surface area contributed by atoms with Gasteiger partial charge in [-0.3, -0.25) is 4.57 Å². The van der Waals surface area contributed by atoms with Crippen LogP contribution < -0.4 is 0 Å². The molecule has 0 radical (unpaired) electrons. The van der Waals surface area contributed by atoms with Crippen molar-refractivity contribution in [2.24, 2.45) is 0 Å². The van der Waals surface area contributed by atoms with Crippen LogP contribution in [-0.4, -0.2) is 69.8 Å². The van der Waals surface area contributed by atoms with Gasteiger partial charge in [-0.15, -0.1) is 10.2 Å². The van der Waals surface area contributed by atoms with E-state index < -0.39 is 9.84 Å². The van der Waals surface area contributed by atoms with Gasteiger partial charge in [-0.25, -0.2) is 8.42 Å². The molecule has 3 rings (SSSR count). The van der Waals surface area contributed by atoms with E-state index in [0.717, 1.165) is 0 Å². The molecule has 0 amide bonds. The van der Waals surface area contributed by atoms with Crippen molar-refractivity contribution in [2.45, 2.75) is 31.3 Å². The maximum Gasteiger partial charge on any atom is 0.254 e. The van der Waals surface area contributed by atoms with E-state index in [0.29, 0.717) is 24.2 Å². The molecule has 0 unspecified atom stereocenters. The molecule has 3 N–H and O–H groups in total. The predicted molar refractivity (Wildman–Crippen MR) is 121 cm³/mol. The standard InChI is InChI=1S/C22H28N4O5S/c1-14(2)17-12-18(20(29)13-19(17)28)21-23-24-22(32(30,31)11-5-10-25(3)4)26(21)15-6-8-16(27)9-7-15/h6-9,12-14,27-29H,5,10-11H2,1-4H3. The lowest BCUT2D eigenvalue weighted by atomic mass is 9.98. The van der Waals surface area contributed by atoms with Crippen molar-refractivity contribution in [3.05, 3.63) is 42.0 Å². The molecule has 0 aliphatic heterocycles. The monoisotopic (exact) mass is 460 g/mol. The van der Waals surface area contributed by atoms with Crippen molar-refractivity contribution in [2.75, 3.05) is 26.4 Å². The number of phenolic OH excluding ortho intramolecular Hbond substituents is 3.